The second kappa shape index (κ2) is 14.6. The highest BCUT2D eigenvalue weighted by molar-refractivity contribution is 6.29. The molecule has 0 saturated carbocycles. The van der Waals surface area contributed by atoms with Crippen LogP contribution in [0.2, 0.25) is 0 Å². The van der Waals surface area contributed by atoms with E-state index in [1.165, 1.54) is 11.1 Å². The van der Waals surface area contributed by atoms with Gasteiger partial charge < -0.3 is 9.47 Å². The third-order valence-electron chi connectivity index (χ3n) is 4.28. The van der Waals surface area contributed by atoms with Crippen LogP contribution in [-0.4, -0.2) is 25.2 Å². The van der Waals surface area contributed by atoms with Crippen LogP contribution in [0, 0.1) is 11.8 Å². The molecule has 0 saturated heterocycles. The Bertz CT molecular complexity index is 425. The molecule has 0 aromatic heterocycles. The first-order valence-corrected chi connectivity index (χ1v) is 9.83. The molecule has 0 N–H and O–H groups in total. The van der Waals surface area contributed by atoms with Crippen molar-refractivity contribution >= 4 is 11.9 Å². The second-order valence-corrected chi connectivity index (χ2v) is 7.78. The summed E-state index contributed by atoms with van der Waals surface area (Å²) in [5.41, 5.74) is 2.63. The van der Waals surface area contributed by atoms with Gasteiger partial charge in [-0.2, -0.15) is 0 Å². The van der Waals surface area contributed by atoms with E-state index in [2.05, 4.69) is 53.7 Å². The molecule has 0 aliphatic heterocycles. The molecule has 4 heteroatoms. The van der Waals surface area contributed by atoms with Gasteiger partial charge in [0.2, 0.25) is 0 Å². The maximum atomic E-state index is 11.6. The Morgan fingerprint density at radius 1 is 0.692 bits per heavy atom. The van der Waals surface area contributed by atoms with Gasteiger partial charge in [-0.05, 0) is 78.1 Å². The highest BCUT2D eigenvalue weighted by atomic mass is 16.6. The maximum Gasteiger partial charge on any atom is 0.417 e. The number of rotatable bonds is 12. The van der Waals surface area contributed by atoms with E-state index in [1.807, 2.05) is 0 Å². The summed E-state index contributed by atoms with van der Waals surface area (Å²) in [4.78, 5) is 23.3. The molecule has 150 valence electrons. The zero-order chi connectivity index (χ0) is 19.9. The summed E-state index contributed by atoms with van der Waals surface area (Å²) < 4.78 is 10.0. The molecule has 0 aliphatic carbocycles. The average molecular weight is 367 g/mol. The highest BCUT2D eigenvalue weighted by Gasteiger charge is 2.17. The van der Waals surface area contributed by atoms with Crippen molar-refractivity contribution in [2.45, 2.75) is 80.1 Å². The van der Waals surface area contributed by atoms with Gasteiger partial charge in [-0.25, -0.2) is 9.59 Å². The summed E-state index contributed by atoms with van der Waals surface area (Å²) >= 11 is 0. The summed E-state index contributed by atoms with van der Waals surface area (Å²) in [5.74, 6) is -0.843. The van der Waals surface area contributed by atoms with E-state index in [0.29, 0.717) is 11.8 Å². The topological polar surface area (TPSA) is 52.6 Å². The van der Waals surface area contributed by atoms with Crippen LogP contribution in [0.25, 0.3) is 0 Å². The van der Waals surface area contributed by atoms with E-state index < -0.39 is 11.9 Å². The lowest BCUT2D eigenvalue weighted by atomic mass is 10.0. The summed E-state index contributed by atoms with van der Waals surface area (Å²) in [7, 11) is 0. The molecule has 0 amide bonds. The van der Waals surface area contributed by atoms with Crippen molar-refractivity contribution in [2.75, 3.05) is 13.2 Å². The second-order valence-electron chi connectivity index (χ2n) is 7.78. The van der Waals surface area contributed by atoms with Crippen molar-refractivity contribution in [1.29, 1.82) is 0 Å². The van der Waals surface area contributed by atoms with Gasteiger partial charge in [0.05, 0.1) is 13.2 Å². The van der Waals surface area contributed by atoms with Crippen LogP contribution < -0.4 is 0 Å². The summed E-state index contributed by atoms with van der Waals surface area (Å²) in [6.07, 6.45) is 10.1. The predicted molar refractivity (Wildman–Crippen MR) is 107 cm³/mol. The van der Waals surface area contributed by atoms with Crippen LogP contribution in [-0.2, 0) is 19.1 Å². The summed E-state index contributed by atoms with van der Waals surface area (Å²) in [6, 6.07) is 0. The molecule has 0 aromatic carbocycles. The van der Waals surface area contributed by atoms with Gasteiger partial charge in [0.15, 0.2) is 0 Å². The lowest BCUT2D eigenvalue weighted by molar-refractivity contribution is -0.168. The standard InChI is InChI=1S/C22H38O4/c1-17(2)9-7-11-19(5)13-15-25-21(23)22(24)26-16-14-20(6)12-8-10-18(3)4/h9-10,19-20H,7-8,11-16H2,1-6H3. The molecule has 2 unspecified atom stereocenters. The van der Waals surface area contributed by atoms with Gasteiger partial charge in [-0.1, -0.05) is 37.1 Å². The number of hydrogen-bond donors (Lipinski definition) is 0. The smallest absolute Gasteiger partial charge is 0.417 e. The lowest BCUT2D eigenvalue weighted by Gasteiger charge is -2.12. The Kier molecular flexibility index (Phi) is 13.7. The number of hydrogen-bond acceptors (Lipinski definition) is 4. The fraction of sp³-hybridized carbons (Fsp3) is 0.727. The Morgan fingerprint density at radius 2 is 1.04 bits per heavy atom. The number of allylic oxidation sites excluding steroid dienone is 4. The fourth-order valence-electron chi connectivity index (χ4n) is 2.43. The van der Waals surface area contributed by atoms with Crippen molar-refractivity contribution in [2.24, 2.45) is 11.8 Å². The first-order chi connectivity index (χ1) is 12.2. The quantitative estimate of drug-likeness (QED) is 0.256. The maximum absolute atomic E-state index is 11.6. The molecule has 0 rings (SSSR count). The fourth-order valence-corrected chi connectivity index (χ4v) is 2.43. The predicted octanol–water partition coefficient (Wildman–Crippen LogP) is 5.62. The van der Waals surface area contributed by atoms with E-state index in [9.17, 15) is 9.59 Å². The van der Waals surface area contributed by atoms with Crippen LogP contribution in [0.1, 0.15) is 80.1 Å². The van der Waals surface area contributed by atoms with Gasteiger partial charge in [0.25, 0.3) is 0 Å². The van der Waals surface area contributed by atoms with Crippen LogP contribution >= 0.6 is 0 Å². The lowest BCUT2D eigenvalue weighted by Crippen LogP contribution is -2.22. The number of esters is 2. The van der Waals surface area contributed by atoms with Crippen molar-refractivity contribution in [3.63, 3.8) is 0 Å². The molecule has 0 fully saturated rings. The SMILES string of the molecule is CC(C)=CCCC(C)CCOC(=O)C(=O)OCCC(C)CCC=C(C)C. The number of carbonyl (C=O) groups is 2. The Hall–Kier alpha value is -1.58. The molecular weight excluding hydrogens is 328 g/mol. The first-order valence-electron chi connectivity index (χ1n) is 9.83. The van der Waals surface area contributed by atoms with E-state index in [1.54, 1.807) is 0 Å². The Balaban J connectivity index is 3.81. The van der Waals surface area contributed by atoms with Gasteiger partial charge in [-0.15, -0.1) is 0 Å². The Labute approximate surface area is 160 Å². The first kappa shape index (κ1) is 24.4. The average Bonchev–Trinajstić information content (AvgIpc) is 2.53. The van der Waals surface area contributed by atoms with Crippen molar-refractivity contribution < 1.29 is 19.1 Å². The van der Waals surface area contributed by atoms with Crippen molar-refractivity contribution in [1.82, 2.24) is 0 Å². The third-order valence-corrected chi connectivity index (χ3v) is 4.28. The number of carbonyl (C=O) groups excluding carboxylic acids is 2. The van der Waals surface area contributed by atoms with Crippen molar-refractivity contribution in [3.05, 3.63) is 23.3 Å². The van der Waals surface area contributed by atoms with Crippen molar-refractivity contribution in [3.8, 4) is 0 Å². The molecule has 4 nitrogen and oxygen atoms in total. The van der Waals surface area contributed by atoms with E-state index in [4.69, 9.17) is 9.47 Å². The summed E-state index contributed by atoms with van der Waals surface area (Å²) in [5, 5.41) is 0. The third kappa shape index (κ3) is 14.7. The Morgan fingerprint density at radius 3 is 1.35 bits per heavy atom. The monoisotopic (exact) mass is 366 g/mol. The molecule has 26 heavy (non-hydrogen) atoms. The molecule has 0 bridgehead atoms. The minimum Gasteiger partial charge on any atom is -0.457 e. The van der Waals surface area contributed by atoms with Gasteiger partial charge in [-0.3, -0.25) is 0 Å². The number of ether oxygens (including phenoxy) is 2. The van der Waals surface area contributed by atoms with Crippen LogP contribution in [0.4, 0.5) is 0 Å². The van der Waals surface area contributed by atoms with E-state index in [-0.39, 0.29) is 13.2 Å². The van der Waals surface area contributed by atoms with Crippen LogP contribution in [0.5, 0.6) is 0 Å². The van der Waals surface area contributed by atoms with Gasteiger partial charge >= 0.3 is 11.9 Å². The molecule has 0 radical (unpaired) electrons. The minimum absolute atomic E-state index is 0.267. The zero-order valence-electron chi connectivity index (χ0n) is 17.6. The van der Waals surface area contributed by atoms with Gasteiger partial charge in [0.1, 0.15) is 0 Å². The minimum atomic E-state index is -0.876. The van der Waals surface area contributed by atoms with Gasteiger partial charge in [0, 0.05) is 0 Å². The zero-order valence-corrected chi connectivity index (χ0v) is 17.6. The van der Waals surface area contributed by atoms with Crippen LogP contribution in [0.3, 0.4) is 0 Å². The van der Waals surface area contributed by atoms with Crippen LogP contribution in [0.15, 0.2) is 23.3 Å². The largest absolute Gasteiger partial charge is 0.457 e. The highest BCUT2D eigenvalue weighted by Crippen LogP contribution is 2.13. The molecule has 0 aromatic rings. The van der Waals surface area contributed by atoms with E-state index in [0.717, 1.165) is 38.5 Å². The van der Waals surface area contributed by atoms with E-state index >= 15 is 0 Å². The molecule has 0 spiro atoms. The molecular formula is C22H38O4. The molecule has 0 aliphatic rings. The molecule has 0 heterocycles. The summed E-state index contributed by atoms with van der Waals surface area (Å²) in [6.45, 7) is 13.1. The normalized spacial score (nSPS) is 12.7. The molecule has 2 atom stereocenters.